The van der Waals surface area contributed by atoms with E-state index in [9.17, 15) is 4.79 Å². The van der Waals surface area contributed by atoms with Gasteiger partial charge in [0.05, 0.1) is 20.3 Å². The van der Waals surface area contributed by atoms with Crippen LogP contribution in [0.3, 0.4) is 0 Å². The maximum atomic E-state index is 12.1. The molecular weight excluding hydrogens is 328 g/mol. The van der Waals surface area contributed by atoms with Crippen molar-refractivity contribution < 1.29 is 14.3 Å². The number of nitrogens with one attached hydrogen (secondary N) is 1. The Balaban J connectivity index is 1.80. The molecule has 0 aromatic heterocycles. The molecule has 0 saturated carbocycles. The van der Waals surface area contributed by atoms with Crippen LogP contribution in [-0.4, -0.2) is 50.7 Å². The lowest BCUT2D eigenvalue weighted by atomic mass is 9.90. The zero-order chi connectivity index (χ0) is 18.9. The van der Waals surface area contributed by atoms with Crippen molar-refractivity contribution >= 4 is 5.91 Å². The number of ether oxygens (including phenoxy) is 2. The zero-order valence-corrected chi connectivity index (χ0v) is 16.3. The molecule has 1 aromatic rings. The van der Waals surface area contributed by atoms with Crippen molar-refractivity contribution in [1.82, 2.24) is 10.2 Å². The van der Waals surface area contributed by atoms with Crippen LogP contribution < -0.4 is 14.8 Å². The summed E-state index contributed by atoms with van der Waals surface area (Å²) >= 11 is 0. The fraction of sp³-hybridized carbons (Fsp3) is 0.571. The molecule has 5 heteroatoms. The maximum absolute atomic E-state index is 12.1. The minimum Gasteiger partial charge on any atom is -0.497 e. The third kappa shape index (κ3) is 5.77. The standard InChI is InChI=1S/C21H32N2O3/c1-5-10-22-21(24)16(2)23-11-8-17(9-12-23)6-7-18-13-19(25-3)15-20(14-18)26-4/h5,13-17H,1,6-12H2,2-4H3,(H,22,24)/t16-/m1/s1. The molecule has 2 rings (SSSR count). The van der Waals surface area contributed by atoms with Crippen molar-refractivity contribution in [3.8, 4) is 11.5 Å². The summed E-state index contributed by atoms with van der Waals surface area (Å²) < 4.78 is 10.7. The van der Waals surface area contributed by atoms with Crippen molar-refractivity contribution in [2.45, 2.75) is 38.6 Å². The average Bonchev–Trinajstić information content (AvgIpc) is 2.69. The number of hydrogen-bond acceptors (Lipinski definition) is 4. The summed E-state index contributed by atoms with van der Waals surface area (Å²) in [6.45, 7) is 8.12. The van der Waals surface area contributed by atoms with Crippen LogP contribution in [0.15, 0.2) is 30.9 Å². The predicted octanol–water partition coefficient (Wildman–Crippen LogP) is 3.04. The maximum Gasteiger partial charge on any atom is 0.237 e. The lowest BCUT2D eigenvalue weighted by Gasteiger charge is -2.35. The molecule has 1 N–H and O–H groups in total. The quantitative estimate of drug-likeness (QED) is 0.688. The Morgan fingerprint density at radius 1 is 1.27 bits per heavy atom. The number of likely N-dealkylation sites (tertiary alicyclic amines) is 1. The van der Waals surface area contributed by atoms with Gasteiger partial charge in [-0.2, -0.15) is 0 Å². The molecule has 1 heterocycles. The Kier molecular flexibility index (Phi) is 7.98. The van der Waals surface area contributed by atoms with Crippen molar-refractivity contribution in [2.24, 2.45) is 5.92 Å². The third-order valence-corrected chi connectivity index (χ3v) is 5.25. The van der Waals surface area contributed by atoms with Gasteiger partial charge in [-0.25, -0.2) is 0 Å². The highest BCUT2D eigenvalue weighted by Gasteiger charge is 2.26. The van der Waals surface area contributed by atoms with Crippen LogP contribution >= 0.6 is 0 Å². The van der Waals surface area contributed by atoms with Crippen molar-refractivity contribution in [2.75, 3.05) is 33.9 Å². The van der Waals surface area contributed by atoms with Crippen LogP contribution in [0.2, 0.25) is 0 Å². The molecule has 1 saturated heterocycles. The van der Waals surface area contributed by atoms with Crippen LogP contribution in [0, 0.1) is 5.92 Å². The summed E-state index contributed by atoms with van der Waals surface area (Å²) in [5, 5.41) is 2.89. The second kappa shape index (κ2) is 10.2. The molecule has 5 nitrogen and oxygen atoms in total. The first-order valence-corrected chi connectivity index (χ1v) is 9.42. The molecule has 1 atom stereocenters. The lowest BCUT2D eigenvalue weighted by Crippen LogP contribution is -2.48. The second-order valence-corrected chi connectivity index (χ2v) is 6.95. The molecule has 1 amide bonds. The molecule has 26 heavy (non-hydrogen) atoms. The summed E-state index contributed by atoms with van der Waals surface area (Å²) in [7, 11) is 3.36. The molecular formula is C21H32N2O3. The second-order valence-electron chi connectivity index (χ2n) is 6.95. The molecule has 0 radical (unpaired) electrons. The van der Waals surface area contributed by atoms with E-state index in [0.29, 0.717) is 12.5 Å². The average molecular weight is 360 g/mol. The molecule has 0 bridgehead atoms. The normalized spacial score (nSPS) is 16.7. The van der Waals surface area contributed by atoms with Crippen LogP contribution in [0.1, 0.15) is 31.7 Å². The number of hydrogen-bond donors (Lipinski definition) is 1. The van der Waals surface area contributed by atoms with Crippen molar-refractivity contribution in [3.63, 3.8) is 0 Å². The van der Waals surface area contributed by atoms with Gasteiger partial charge in [-0.1, -0.05) is 6.08 Å². The number of aryl methyl sites for hydroxylation is 1. The number of carbonyl (C=O) groups excluding carboxylic acids is 1. The van der Waals surface area contributed by atoms with Gasteiger partial charge >= 0.3 is 0 Å². The van der Waals surface area contributed by atoms with E-state index in [4.69, 9.17) is 9.47 Å². The summed E-state index contributed by atoms with van der Waals surface area (Å²) in [4.78, 5) is 14.4. The third-order valence-electron chi connectivity index (χ3n) is 5.25. The first-order chi connectivity index (χ1) is 12.6. The van der Waals surface area contributed by atoms with E-state index in [2.05, 4.69) is 28.9 Å². The van der Waals surface area contributed by atoms with Crippen LogP contribution in [0.25, 0.3) is 0 Å². The van der Waals surface area contributed by atoms with Gasteiger partial charge < -0.3 is 14.8 Å². The number of amides is 1. The highest BCUT2D eigenvalue weighted by atomic mass is 16.5. The van der Waals surface area contributed by atoms with E-state index in [1.54, 1.807) is 20.3 Å². The molecule has 0 aliphatic carbocycles. The van der Waals surface area contributed by atoms with Gasteiger partial charge in [0.15, 0.2) is 0 Å². The zero-order valence-electron chi connectivity index (χ0n) is 16.3. The summed E-state index contributed by atoms with van der Waals surface area (Å²) in [5.74, 6) is 2.47. The number of benzene rings is 1. The summed E-state index contributed by atoms with van der Waals surface area (Å²) in [6, 6.07) is 6.01. The van der Waals surface area contributed by atoms with Gasteiger partial charge in [-0.3, -0.25) is 9.69 Å². The molecule has 1 aliphatic heterocycles. The minimum atomic E-state index is -0.0708. The van der Waals surface area contributed by atoms with Gasteiger partial charge in [0.1, 0.15) is 11.5 Å². The summed E-state index contributed by atoms with van der Waals surface area (Å²) in [5.41, 5.74) is 1.25. The van der Waals surface area contributed by atoms with E-state index in [1.165, 1.54) is 5.56 Å². The van der Waals surface area contributed by atoms with E-state index < -0.39 is 0 Å². The lowest BCUT2D eigenvalue weighted by molar-refractivity contribution is -0.126. The van der Waals surface area contributed by atoms with Gasteiger partial charge in [0.25, 0.3) is 0 Å². The summed E-state index contributed by atoms with van der Waals surface area (Å²) in [6.07, 6.45) is 6.17. The van der Waals surface area contributed by atoms with Gasteiger partial charge in [-0.05, 0) is 69.3 Å². The van der Waals surface area contributed by atoms with Crippen LogP contribution in [0.4, 0.5) is 0 Å². The highest BCUT2D eigenvalue weighted by molar-refractivity contribution is 5.81. The van der Waals surface area contributed by atoms with Crippen molar-refractivity contribution in [1.29, 1.82) is 0 Å². The molecule has 1 fully saturated rings. The predicted molar refractivity (Wildman–Crippen MR) is 105 cm³/mol. The fourth-order valence-corrected chi connectivity index (χ4v) is 3.50. The Bertz CT molecular complexity index is 573. The number of nitrogens with zero attached hydrogens (tertiary/aromatic N) is 1. The van der Waals surface area contributed by atoms with Crippen LogP contribution in [0.5, 0.6) is 11.5 Å². The highest BCUT2D eigenvalue weighted by Crippen LogP contribution is 2.27. The number of carbonyl (C=O) groups is 1. The molecule has 144 valence electrons. The van der Waals surface area contributed by atoms with Gasteiger partial charge in [0, 0.05) is 12.6 Å². The SMILES string of the molecule is C=CCNC(=O)[C@@H](C)N1CCC(CCc2cc(OC)cc(OC)c2)CC1. The molecule has 1 aromatic carbocycles. The number of methoxy groups -OCH3 is 2. The van der Waals surface area contributed by atoms with Gasteiger partial charge in [-0.15, -0.1) is 6.58 Å². The first-order valence-electron chi connectivity index (χ1n) is 9.42. The molecule has 0 unspecified atom stereocenters. The van der Waals surface area contributed by atoms with E-state index in [0.717, 1.165) is 50.3 Å². The Labute approximate surface area is 157 Å². The fourth-order valence-electron chi connectivity index (χ4n) is 3.50. The van der Waals surface area contributed by atoms with Crippen LogP contribution in [-0.2, 0) is 11.2 Å². The van der Waals surface area contributed by atoms with E-state index in [1.807, 2.05) is 13.0 Å². The monoisotopic (exact) mass is 360 g/mol. The van der Waals surface area contributed by atoms with E-state index in [-0.39, 0.29) is 11.9 Å². The van der Waals surface area contributed by atoms with E-state index >= 15 is 0 Å². The molecule has 0 spiro atoms. The molecule has 1 aliphatic rings. The minimum absolute atomic E-state index is 0.0708. The first kappa shape index (κ1) is 20.3. The Morgan fingerprint density at radius 2 is 1.88 bits per heavy atom. The largest absolute Gasteiger partial charge is 0.497 e. The Morgan fingerprint density at radius 3 is 2.42 bits per heavy atom. The van der Waals surface area contributed by atoms with Crippen molar-refractivity contribution in [3.05, 3.63) is 36.4 Å². The number of rotatable bonds is 9. The van der Waals surface area contributed by atoms with Gasteiger partial charge in [0.2, 0.25) is 5.91 Å². The smallest absolute Gasteiger partial charge is 0.237 e. The topological polar surface area (TPSA) is 50.8 Å². The number of piperidine rings is 1. The Hall–Kier alpha value is -2.01.